The predicted molar refractivity (Wildman–Crippen MR) is 63.9 cm³/mol. The van der Waals surface area contributed by atoms with E-state index < -0.39 is 21.4 Å². The highest BCUT2D eigenvalue weighted by molar-refractivity contribution is 7.88. The van der Waals surface area contributed by atoms with E-state index >= 15 is 0 Å². The molecule has 0 aliphatic carbocycles. The summed E-state index contributed by atoms with van der Waals surface area (Å²) in [5, 5.41) is 0.417. The van der Waals surface area contributed by atoms with Crippen molar-refractivity contribution in [2.75, 3.05) is 7.11 Å². The predicted octanol–water partition coefficient (Wildman–Crippen LogP) is 2.47. The monoisotopic (exact) mass is 307 g/mol. The van der Waals surface area contributed by atoms with E-state index in [1.807, 2.05) is 0 Å². The molecule has 0 spiro atoms. The molecule has 0 saturated carbocycles. The van der Waals surface area contributed by atoms with Crippen LogP contribution in [0.1, 0.15) is 0 Å². The van der Waals surface area contributed by atoms with Gasteiger partial charge < -0.3 is 8.92 Å². The first-order valence-corrected chi connectivity index (χ1v) is 6.59. The lowest BCUT2D eigenvalue weighted by Gasteiger charge is -2.10. The number of benzene rings is 1. The molecule has 0 aliphatic rings. The first-order valence-electron chi connectivity index (χ1n) is 5.18. The Bertz CT molecular complexity index is 743. The van der Waals surface area contributed by atoms with Crippen molar-refractivity contribution in [2.24, 2.45) is 0 Å². The molecular weight excluding hydrogens is 299 g/mol. The zero-order valence-corrected chi connectivity index (χ0v) is 10.8. The Morgan fingerprint density at radius 1 is 1.15 bits per heavy atom. The van der Waals surface area contributed by atoms with Crippen molar-refractivity contribution in [1.29, 1.82) is 0 Å². The van der Waals surface area contributed by atoms with E-state index in [1.54, 1.807) is 0 Å². The Labute approximate surface area is 112 Å². The molecule has 0 fully saturated rings. The number of alkyl halides is 3. The van der Waals surface area contributed by atoms with Crippen LogP contribution in [0.2, 0.25) is 0 Å². The topological polar surface area (TPSA) is 65.5 Å². The van der Waals surface area contributed by atoms with Gasteiger partial charge in [0.05, 0.1) is 12.6 Å². The first kappa shape index (κ1) is 14.4. The van der Waals surface area contributed by atoms with Crippen LogP contribution in [-0.2, 0) is 10.1 Å². The van der Waals surface area contributed by atoms with Crippen molar-refractivity contribution >= 4 is 21.0 Å². The summed E-state index contributed by atoms with van der Waals surface area (Å²) < 4.78 is 67.2. The molecule has 0 aliphatic heterocycles. The van der Waals surface area contributed by atoms with E-state index in [-0.39, 0.29) is 0 Å². The molecule has 9 heteroatoms. The van der Waals surface area contributed by atoms with Crippen LogP contribution >= 0.6 is 0 Å². The fourth-order valence-electron chi connectivity index (χ4n) is 1.42. The molecular formula is C11H8F3NO4S. The number of hydrogen-bond acceptors (Lipinski definition) is 5. The Morgan fingerprint density at radius 3 is 2.45 bits per heavy atom. The van der Waals surface area contributed by atoms with Gasteiger partial charge in [0.1, 0.15) is 5.75 Å². The zero-order valence-electron chi connectivity index (χ0n) is 10.0. The van der Waals surface area contributed by atoms with Crippen molar-refractivity contribution in [3.8, 4) is 11.6 Å². The summed E-state index contributed by atoms with van der Waals surface area (Å²) in [5.41, 5.74) is -5.04. The number of pyridine rings is 1. The summed E-state index contributed by atoms with van der Waals surface area (Å²) in [7, 11) is -4.26. The third kappa shape index (κ3) is 2.77. The molecule has 5 nitrogen and oxygen atoms in total. The lowest BCUT2D eigenvalue weighted by molar-refractivity contribution is -0.0500. The van der Waals surface area contributed by atoms with Crippen LogP contribution < -0.4 is 8.92 Å². The van der Waals surface area contributed by atoms with E-state index in [9.17, 15) is 21.6 Å². The minimum atomic E-state index is -5.68. The standard InChI is InChI=1S/C11H8F3NO4S/c1-18-10-5-2-7-6-8(3-4-9(7)15-10)19-20(16,17)11(12,13)14/h2-6H,1H3. The smallest absolute Gasteiger partial charge is 0.481 e. The SMILES string of the molecule is COc1ccc2cc(OS(=O)(=O)C(F)(F)F)ccc2n1. The number of halogens is 3. The summed E-state index contributed by atoms with van der Waals surface area (Å²) in [6.07, 6.45) is 0. The van der Waals surface area contributed by atoms with E-state index in [0.717, 1.165) is 12.1 Å². The Hall–Kier alpha value is -2.03. The molecule has 20 heavy (non-hydrogen) atoms. The number of nitrogens with zero attached hydrogens (tertiary/aromatic N) is 1. The zero-order chi connectivity index (χ0) is 15.0. The number of rotatable bonds is 3. The summed E-state index contributed by atoms with van der Waals surface area (Å²) >= 11 is 0. The van der Waals surface area contributed by atoms with Crippen LogP contribution in [0.5, 0.6) is 11.6 Å². The van der Waals surface area contributed by atoms with Gasteiger partial charge in [0.2, 0.25) is 5.88 Å². The minimum Gasteiger partial charge on any atom is -0.481 e. The van der Waals surface area contributed by atoms with Crippen molar-refractivity contribution in [1.82, 2.24) is 4.98 Å². The van der Waals surface area contributed by atoms with Gasteiger partial charge in [-0.3, -0.25) is 0 Å². The van der Waals surface area contributed by atoms with Gasteiger partial charge in [-0.1, -0.05) is 0 Å². The van der Waals surface area contributed by atoms with Crippen LogP contribution in [0, 0.1) is 0 Å². The summed E-state index contributed by atoms with van der Waals surface area (Å²) in [4.78, 5) is 4.03. The molecule has 0 radical (unpaired) electrons. The van der Waals surface area contributed by atoms with Gasteiger partial charge in [0, 0.05) is 11.5 Å². The molecule has 0 unspecified atom stereocenters. The number of aromatic nitrogens is 1. The van der Waals surface area contributed by atoms with Crippen LogP contribution in [0.25, 0.3) is 10.9 Å². The molecule has 0 atom stereocenters. The Balaban J connectivity index is 2.38. The molecule has 2 rings (SSSR count). The van der Waals surface area contributed by atoms with Crippen LogP contribution in [0.4, 0.5) is 13.2 Å². The normalized spacial score (nSPS) is 12.4. The van der Waals surface area contributed by atoms with Crippen LogP contribution in [-0.4, -0.2) is 26.0 Å². The summed E-state index contributed by atoms with van der Waals surface area (Å²) in [6, 6.07) is 6.57. The minimum absolute atomic E-state index is 0.328. The highest BCUT2D eigenvalue weighted by atomic mass is 32.2. The molecule has 0 amide bonds. The van der Waals surface area contributed by atoms with E-state index in [1.165, 1.54) is 25.3 Å². The van der Waals surface area contributed by atoms with Gasteiger partial charge in [0.25, 0.3) is 0 Å². The quantitative estimate of drug-likeness (QED) is 0.644. The van der Waals surface area contributed by atoms with E-state index in [4.69, 9.17) is 4.74 Å². The molecule has 0 saturated heterocycles. The molecule has 1 aromatic carbocycles. The molecule has 108 valence electrons. The maximum Gasteiger partial charge on any atom is 0.534 e. The average molecular weight is 307 g/mol. The second kappa shape index (κ2) is 4.82. The fraction of sp³-hybridized carbons (Fsp3) is 0.182. The van der Waals surface area contributed by atoms with Crippen molar-refractivity contribution in [3.63, 3.8) is 0 Å². The second-order valence-electron chi connectivity index (χ2n) is 3.69. The van der Waals surface area contributed by atoms with Crippen molar-refractivity contribution < 1.29 is 30.5 Å². The van der Waals surface area contributed by atoms with Gasteiger partial charge in [-0.2, -0.15) is 21.6 Å². The Kier molecular flexibility index (Phi) is 3.46. The number of methoxy groups -OCH3 is 1. The Morgan fingerprint density at radius 2 is 1.85 bits per heavy atom. The summed E-state index contributed by atoms with van der Waals surface area (Å²) in [5.74, 6) is -0.115. The fourth-order valence-corrected chi connectivity index (χ4v) is 1.88. The molecule has 2 aromatic rings. The number of ether oxygens (including phenoxy) is 1. The molecule has 1 heterocycles. The van der Waals surface area contributed by atoms with Crippen LogP contribution in [0.15, 0.2) is 30.3 Å². The largest absolute Gasteiger partial charge is 0.534 e. The maximum atomic E-state index is 12.2. The third-order valence-corrected chi connectivity index (χ3v) is 3.31. The average Bonchev–Trinajstić information content (AvgIpc) is 2.36. The third-order valence-electron chi connectivity index (χ3n) is 2.33. The maximum absolute atomic E-state index is 12.2. The number of fused-ring (bicyclic) bond motifs is 1. The summed E-state index contributed by atoms with van der Waals surface area (Å²) in [6.45, 7) is 0. The molecule has 0 N–H and O–H groups in total. The molecule has 1 aromatic heterocycles. The van der Waals surface area contributed by atoms with Crippen molar-refractivity contribution in [3.05, 3.63) is 30.3 Å². The van der Waals surface area contributed by atoms with Gasteiger partial charge in [-0.15, -0.1) is 0 Å². The van der Waals surface area contributed by atoms with Gasteiger partial charge >= 0.3 is 15.6 Å². The lowest BCUT2D eigenvalue weighted by Crippen LogP contribution is -2.28. The molecule has 0 bridgehead atoms. The lowest BCUT2D eigenvalue weighted by atomic mass is 10.2. The first-order chi connectivity index (χ1) is 9.23. The number of hydrogen-bond donors (Lipinski definition) is 0. The highest BCUT2D eigenvalue weighted by Gasteiger charge is 2.48. The van der Waals surface area contributed by atoms with Crippen LogP contribution in [0.3, 0.4) is 0 Å². The van der Waals surface area contributed by atoms with Crippen molar-refractivity contribution in [2.45, 2.75) is 5.51 Å². The van der Waals surface area contributed by atoms with Gasteiger partial charge in [-0.25, -0.2) is 4.98 Å². The van der Waals surface area contributed by atoms with Gasteiger partial charge in [-0.05, 0) is 24.3 Å². The van der Waals surface area contributed by atoms with E-state index in [2.05, 4.69) is 9.17 Å². The van der Waals surface area contributed by atoms with E-state index in [0.29, 0.717) is 16.8 Å². The van der Waals surface area contributed by atoms with Gasteiger partial charge in [0.15, 0.2) is 0 Å². The highest BCUT2D eigenvalue weighted by Crippen LogP contribution is 2.28. The second-order valence-corrected chi connectivity index (χ2v) is 5.23.